The van der Waals surface area contributed by atoms with E-state index in [4.69, 9.17) is 4.98 Å². The summed E-state index contributed by atoms with van der Waals surface area (Å²) < 4.78 is 13.5. The monoisotopic (exact) mass is 419 g/mol. The average molecular weight is 420 g/mol. The Morgan fingerprint density at radius 2 is 1.73 bits per heavy atom. The van der Waals surface area contributed by atoms with Crippen molar-refractivity contribution in [2.75, 3.05) is 11.9 Å². The minimum Gasteiger partial charge on any atom is -0.369 e. The van der Waals surface area contributed by atoms with E-state index in [1.807, 2.05) is 12.1 Å². The number of fused-ring (bicyclic) bond motifs is 1. The highest BCUT2D eigenvalue weighted by molar-refractivity contribution is 7.18. The molecule has 1 N–H and O–H groups in total. The lowest BCUT2D eigenvalue weighted by atomic mass is 10.0. The van der Waals surface area contributed by atoms with Crippen molar-refractivity contribution in [1.82, 2.24) is 9.97 Å². The van der Waals surface area contributed by atoms with Crippen LogP contribution in [-0.4, -0.2) is 16.5 Å². The van der Waals surface area contributed by atoms with Crippen LogP contribution in [0, 0.1) is 19.7 Å². The molecule has 2 aromatic carbocycles. The second-order valence-electron chi connectivity index (χ2n) is 7.61. The molecule has 2 aromatic heterocycles. The molecule has 0 atom stereocenters. The number of aryl methyl sites for hydroxylation is 4. The first-order valence-corrected chi connectivity index (χ1v) is 11.2. The largest absolute Gasteiger partial charge is 0.369 e. The third-order valence-electron chi connectivity index (χ3n) is 5.26. The first-order valence-electron chi connectivity index (χ1n) is 10.4. The van der Waals surface area contributed by atoms with E-state index in [-0.39, 0.29) is 5.82 Å². The molecule has 0 amide bonds. The summed E-state index contributed by atoms with van der Waals surface area (Å²) in [7, 11) is 0. The lowest BCUT2D eigenvalue weighted by Gasteiger charge is -2.09. The van der Waals surface area contributed by atoms with Crippen molar-refractivity contribution in [1.29, 1.82) is 0 Å². The minimum absolute atomic E-state index is 0.160. The van der Waals surface area contributed by atoms with E-state index in [1.165, 1.54) is 16.5 Å². The lowest BCUT2D eigenvalue weighted by Crippen LogP contribution is -2.07. The molecular weight excluding hydrogens is 393 g/mol. The summed E-state index contributed by atoms with van der Waals surface area (Å²) in [4.78, 5) is 11.7. The molecule has 0 saturated carbocycles. The Bertz CT molecular complexity index is 1170. The average Bonchev–Trinajstić information content (AvgIpc) is 3.13. The fourth-order valence-electron chi connectivity index (χ4n) is 3.57. The summed E-state index contributed by atoms with van der Waals surface area (Å²) in [5.74, 6) is 1.68. The van der Waals surface area contributed by atoms with Gasteiger partial charge in [0.05, 0.1) is 5.39 Å². The molecule has 0 spiro atoms. The van der Waals surface area contributed by atoms with E-state index < -0.39 is 0 Å². The molecule has 154 valence electrons. The van der Waals surface area contributed by atoms with Gasteiger partial charge in [0.2, 0.25) is 0 Å². The third-order valence-corrected chi connectivity index (χ3v) is 6.20. The molecule has 4 rings (SSSR count). The Balaban J connectivity index is 1.37. The number of nitrogens with zero attached hydrogens (tertiary/aromatic N) is 2. The van der Waals surface area contributed by atoms with Crippen molar-refractivity contribution >= 4 is 27.4 Å². The van der Waals surface area contributed by atoms with Gasteiger partial charge in [-0.1, -0.05) is 37.3 Å². The first kappa shape index (κ1) is 20.5. The maximum Gasteiger partial charge on any atom is 0.138 e. The smallest absolute Gasteiger partial charge is 0.138 e. The van der Waals surface area contributed by atoms with Crippen LogP contribution >= 0.6 is 11.3 Å². The number of thiophene rings is 1. The van der Waals surface area contributed by atoms with E-state index in [9.17, 15) is 4.39 Å². The van der Waals surface area contributed by atoms with Crippen molar-refractivity contribution in [2.45, 2.75) is 40.0 Å². The summed E-state index contributed by atoms with van der Waals surface area (Å²) in [6.45, 7) is 6.86. The third kappa shape index (κ3) is 4.51. The van der Waals surface area contributed by atoms with Gasteiger partial charge in [0.25, 0.3) is 0 Å². The molecular formula is C25H26FN3S. The van der Waals surface area contributed by atoms with Gasteiger partial charge in [-0.15, -0.1) is 11.3 Å². The van der Waals surface area contributed by atoms with E-state index in [2.05, 4.69) is 54.5 Å². The number of rotatable bonds is 7. The predicted octanol–water partition coefficient (Wildman–Crippen LogP) is 6.72. The lowest BCUT2D eigenvalue weighted by molar-refractivity contribution is 0.619. The number of benzene rings is 2. The Kier molecular flexibility index (Phi) is 6.09. The summed E-state index contributed by atoms with van der Waals surface area (Å²) in [6.07, 6.45) is 2.85. The molecule has 4 aromatic rings. The molecule has 0 bridgehead atoms. The Morgan fingerprint density at radius 3 is 2.47 bits per heavy atom. The molecule has 30 heavy (non-hydrogen) atoms. The van der Waals surface area contributed by atoms with Gasteiger partial charge < -0.3 is 5.32 Å². The van der Waals surface area contributed by atoms with E-state index in [1.54, 1.807) is 18.3 Å². The fourth-order valence-corrected chi connectivity index (χ4v) is 4.46. The van der Waals surface area contributed by atoms with Crippen LogP contribution in [0.2, 0.25) is 0 Å². The zero-order chi connectivity index (χ0) is 21.1. The number of halogens is 1. The van der Waals surface area contributed by atoms with E-state index in [0.29, 0.717) is 5.56 Å². The van der Waals surface area contributed by atoms with Gasteiger partial charge >= 0.3 is 0 Å². The molecule has 0 aliphatic heterocycles. The highest BCUT2D eigenvalue weighted by atomic mass is 32.1. The van der Waals surface area contributed by atoms with Crippen molar-refractivity contribution in [3.8, 4) is 11.1 Å². The normalized spacial score (nSPS) is 11.2. The summed E-state index contributed by atoms with van der Waals surface area (Å²) in [6, 6.07) is 16.0. The van der Waals surface area contributed by atoms with Crippen molar-refractivity contribution in [3.63, 3.8) is 0 Å². The van der Waals surface area contributed by atoms with Crippen LogP contribution < -0.4 is 5.32 Å². The summed E-state index contributed by atoms with van der Waals surface area (Å²) >= 11 is 1.72. The molecule has 0 aliphatic rings. The molecule has 0 saturated heterocycles. The van der Waals surface area contributed by atoms with Gasteiger partial charge in [0.15, 0.2) is 0 Å². The van der Waals surface area contributed by atoms with Crippen molar-refractivity contribution in [2.24, 2.45) is 0 Å². The maximum absolute atomic E-state index is 13.5. The van der Waals surface area contributed by atoms with Gasteiger partial charge in [0, 0.05) is 17.8 Å². The van der Waals surface area contributed by atoms with Crippen molar-refractivity contribution in [3.05, 3.63) is 76.2 Å². The molecule has 0 aliphatic carbocycles. The highest BCUT2D eigenvalue weighted by Crippen LogP contribution is 2.28. The number of hydrogen-bond donors (Lipinski definition) is 1. The molecule has 2 heterocycles. The number of aromatic nitrogens is 2. The molecule has 0 unspecified atom stereocenters. The van der Waals surface area contributed by atoms with Crippen molar-refractivity contribution < 1.29 is 4.39 Å². The molecule has 0 radical (unpaired) electrons. The standard InChI is InChI=1S/C25H26FN3S/c1-4-23-28-24(21-15-17(3)30-25(21)29-23)27-13-5-6-18-7-9-19(10-8-18)20-11-12-22(26)16(2)14-20/h7-12,14-15H,4-6,13H2,1-3H3,(H,27,28,29). The Hall–Kier alpha value is -2.79. The van der Waals surface area contributed by atoms with Crippen LogP contribution in [0.1, 0.15) is 35.2 Å². The zero-order valence-electron chi connectivity index (χ0n) is 17.6. The quantitative estimate of drug-likeness (QED) is 0.338. The van der Waals surface area contributed by atoms with Crippen LogP contribution in [0.15, 0.2) is 48.5 Å². The maximum atomic E-state index is 13.5. The predicted molar refractivity (Wildman–Crippen MR) is 125 cm³/mol. The number of hydrogen-bond acceptors (Lipinski definition) is 4. The highest BCUT2D eigenvalue weighted by Gasteiger charge is 2.09. The van der Waals surface area contributed by atoms with Crippen LogP contribution in [0.4, 0.5) is 10.2 Å². The van der Waals surface area contributed by atoms with Crippen LogP contribution in [0.3, 0.4) is 0 Å². The second kappa shape index (κ2) is 8.92. The first-order chi connectivity index (χ1) is 14.5. The fraction of sp³-hybridized carbons (Fsp3) is 0.280. The second-order valence-corrected chi connectivity index (χ2v) is 8.84. The minimum atomic E-state index is -0.160. The number of nitrogens with one attached hydrogen (secondary N) is 1. The van der Waals surface area contributed by atoms with Gasteiger partial charge in [-0.05, 0) is 67.1 Å². The SMILES string of the molecule is CCc1nc(NCCCc2ccc(-c3ccc(F)c(C)c3)cc2)c2cc(C)sc2n1. The topological polar surface area (TPSA) is 37.8 Å². The van der Waals surface area contributed by atoms with Gasteiger partial charge in [0.1, 0.15) is 22.3 Å². The zero-order valence-corrected chi connectivity index (χ0v) is 18.4. The molecule has 0 fully saturated rings. The van der Waals surface area contributed by atoms with Gasteiger partial charge in [-0.25, -0.2) is 14.4 Å². The van der Waals surface area contributed by atoms with E-state index >= 15 is 0 Å². The Morgan fingerprint density at radius 1 is 0.967 bits per heavy atom. The number of anilines is 1. The molecule has 3 nitrogen and oxygen atoms in total. The van der Waals surface area contributed by atoms with Crippen LogP contribution in [-0.2, 0) is 12.8 Å². The Labute approximate surface area is 181 Å². The van der Waals surface area contributed by atoms with Crippen LogP contribution in [0.25, 0.3) is 21.3 Å². The van der Waals surface area contributed by atoms with Gasteiger partial charge in [-0.3, -0.25) is 0 Å². The summed E-state index contributed by atoms with van der Waals surface area (Å²) in [5, 5.41) is 4.63. The van der Waals surface area contributed by atoms with Crippen LogP contribution in [0.5, 0.6) is 0 Å². The summed E-state index contributed by atoms with van der Waals surface area (Å²) in [5.41, 5.74) is 4.14. The van der Waals surface area contributed by atoms with E-state index in [0.717, 1.165) is 58.8 Å². The molecule has 5 heteroatoms. The van der Waals surface area contributed by atoms with Gasteiger partial charge in [-0.2, -0.15) is 0 Å².